The SMILES string of the molecule is [C-]#[N+]C[C@@H]1C[C@@H](n2cnc3c(N4CC(N(C)C)C4)nc4c(F)c(-c5ccc(F)c6cccnc56)c(Cl)cc4c32)CCN1C(=O)C=C. The Kier molecular flexibility index (Phi) is 7.57. The third kappa shape index (κ3) is 4.75. The first-order valence-corrected chi connectivity index (χ1v) is 15.5. The summed E-state index contributed by atoms with van der Waals surface area (Å²) < 4.78 is 33.7. The van der Waals surface area contributed by atoms with Crippen LogP contribution in [0.15, 0.2) is 55.5 Å². The van der Waals surface area contributed by atoms with Crippen LogP contribution in [0.25, 0.3) is 48.8 Å². The summed E-state index contributed by atoms with van der Waals surface area (Å²) in [6, 6.07) is 7.64. The number of likely N-dealkylation sites (N-methyl/N-ethyl adjacent to an activating group) is 1. The molecule has 3 aromatic heterocycles. The van der Waals surface area contributed by atoms with Gasteiger partial charge in [0.15, 0.2) is 11.6 Å². The lowest BCUT2D eigenvalue weighted by atomic mass is 9.95. The normalized spacial score (nSPS) is 18.8. The number of halogens is 3. The highest BCUT2D eigenvalue weighted by atomic mass is 35.5. The van der Waals surface area contributed by atoms with Gasteiger partial charge in [0.2, 0.25) is 12.5 Å². The number of benzene rings is 2. The van der Waals surface area contributed by atoms with Crippen molar-refractivity contribution in [3.63, 3.8) is 0 Å². The van der Waals surface area contributed by atoms with Gasteiger partial charge in [-0.15, -0.1) is 0 Å². The van der Waals surface area contributed by atoms with E-state index in [9.17, 15) is 9.18 Å². The molecule has 0 bridgehead atoms. The van der Waals surface area contributed by atoms with Crippen LogP contribution in [-0.2, 0) is 4.79 Å². The van der Waals surface area contributed by atoms with Gasteiger partial charge in [0, 0.05) is 59.8 Å². The molecule has 0 saturated carbocycles. The zero-order valence-corrected chi connectivity index (χ0v) is 26.2. The molecule has 9 nitrogen and oxygen atoms in total. The average Bonchev–Trinajstić information content (AvgIpc) is 3.47. The largest absolute Gasteiger partial charge is 0.351 e. The van der Waals surface area contributed by atoms with Gasteiger partial charge in [0.1, 0.15) is 22.9 Å². The van der Waals surface area contributed by atoms with Crippen molar-refractivity contribution in [1.29, 1.82) is 0 Å². The molecule has 2 aliphatic heterocycles. The summed E-state index contributed by atoms with van der Waals surface area (Å²) in [5, 5.41) is 0.905. The predicted octanol–water partition coefficient (Wildman–Crippen LogP) is 6.12. The number of nitrogens with zero attached hydrogens (tertiary/aromatic N) is 8. The zero-order chi connectivity index (χ0) is 32.3. The van der Waals surface area contributed by atoms with E-state index in [0.29, 0.717) is 71.8 Å². The molecule has 12 heteroatoms. The van der Waals surface area contributed by atoms with Crippen molar-refractivity contribution in [2.45, 2.75) is 31.0 Å². The van der Waals surface area contributed by atoms with Crippen molar-refractivity contribution in [2.24, 2.45) is 0 Å². The molecular formula is C34H31ClF2N8O. The number of rotatable bonds is 6. The highest BCUT2D eigenvalue weighted by Gasteiger charge is 2.36. The number of amides is 1. The van der Waals surface area contributed by atoms with Gasteiger partial charge in [-0.05, 0) is 63.3 Å². The molecule has 46 heavy (non-hydrogen) atoms. The Hall–Kier alpha value is -4.66. The fraction of sp³-hybridized carbons (Fsp3) is 0.324. The van der Waals surface area contributed by atoms with E-state index in [0.717, 1.165) is 0 Å². The van der Waals surface area contributed by atoms with Crippen LogP contribution < -0.4 is 4.90 Å². The maximum absolute atomic E-state index is 17.0. The van der Waals surface area contributed by atoms with Gasteiger partial charge in [0.05, 0.1) is 22.4 Å². The number of fused-ring (bicyclic) bond motifs is 4. The Morgan fingerprint density at radius 2 is 1.98 bits per heavy atom. The Bertz CT molecular complexity index is 2080. The summed E-state index contributed by atoms with van der Waals surface area (Å²) in [7, 11) is 4.05. The van der Waals surface area contributed by atoms with Crippen molar-refractivity contribution < 1.29 is 13.6 Å². The fourth-order valence-electron chi connectivity index (χ4n) is 6.86. The first-order chi connectivity index (χ1) is 22.2. The molecular weight excluding hydrogens is 610 g/mol. The summed E-state index contributed by atoms with van der Waals surface area (Å²) >= 11 is 6.90. The van der Waals surface area contributed by atoms with Gasteiger partial charge in [-0.2, -0.15) is 0 Å². The number of anilines is 1. The molecule has 234 valence electrons. The van der Waals surface area contributed by atoms with Crippen LogP contribution in [0.5, 0.6) is 0 Å². The van der Waals surface area contributed by atoms with Crippen LogP contribution in [0, 0.1) is 18.2 Å². The molecule has 0 spiro atoms. The molecule has 2 fully saturated rings. The highest BCUT2D eigenvalue weighted by Crippen LogP contribution is 2.43. The molecule has 5 aromatic rings. The molecule has 0 unspecified atom stereocenters. The molecule has 7 rings (SSSR count). The number of likely N-dealkylation sites (tertiary alicyclic amines) is 1. The third-order valence-electron chi connectivity index (χ3n) is 9.39. The number of carbonyl (C=O) groups is 1. The fourth-order valence-corrected chi connectivity index (χ4v) is 7.15. The first kappa shape index (κ1) is 30.0. The van der Waals surface area contributed by atoms with E-state index in [1.54, 1.807) is 29.4 Å². The first-order valence-electron chi connectivity index (χ1n) is 15.1. The van der Waals surface area contributed by atoms with E-state index in [2.05, 4.69) is 26.2 Å². The topological polar surface area (TPSA) is 74.8 Å². The smallest absolute Gasteiger partial charge is 0.246 e. The maximum Gasteiger partial charge on any atom is 0.246 e. The lowest BCUT2D eigenvalue weighted by molar-refractivity contribution is -0.129. The summed E-state index contributed by atoms with van der Waals surface area (Å²) in [6.45, 7) is 13.2. The van der Waals surface area contributed by atoms with Crippen LogP contribution in [0.3, 0.4) is 0 Å². The summed E-state index contributed by atoms with van der Waals surface area (Å²) in [6.07, 6.45) is 5.72. The van der Waals surface area contributed by atoms with Crippen molar-refractivity contribution in [1.82, 2.24) is 29.3 Å². The number of hydrogen-bond donors (Lipinski definition) is 0. The van der Waals surface area contributed by atoms with E-state index < -0.39 is 11.6 Å². The number of imidazole rings is 1. The van der Waals surface area contributed by atoms with Crippen LogP contribution >= 0.6 is 11.6 Å². The van der Waals surface area contributed by atoms with Gasteiger partial charge in [-0.25, -0.2) is 25.3 Å². The number of hydrogen-bond acceptors (Lipinski definition) is 6. The zero-order valence-electron chi connectivity index (χ0n) is 25.4. The van der Waals surface area contributed by atoms with Crippen molar-refractivity contribution in [3.05, 3.63) is 83.6 Å². The molecule has 2 aliphatic rings. The molecule has 2 aromatic carbocycles. The number of aromatic nitrogens is 4. The van der Waals surface area contributed by atoms with Crippen LogP contribution in [0.1, 0.15) is 18.9 Å². The Morgan fingerprint density at radius 3 is 2.72 bits per heavy atom. The van der Waals surface area contributed by atoms with E-state index in [1.807, 2.05) is 18.7 Å². The van der Waals surface area contributed by atoms with E-state index in [-0.39, 0.29) is 46.0 Å². The molecule has 0 radical (unpaired) electrons. The molecule has 2 saturated heterocycles. The van der Waals surface area contributed by atoms with E-state index in [4.69, 9.17) is 28.1 Å². The van der Waals surface area contributed by atoms with Gasteiger partial charge in [-0.1, -0.05) is 18.2 Å². The minimum absolute atomic E-state index is 0.102. The summed E-state index contributed by atoms with van der Waals surface area (Å²) in [4.78, 5) is 36.2. The van der Waals surface area contributed by atoms with E-state index in [1.165, 1.54) is 24.4 Å². The minimum atomic E-state index is -0.626. The lowest BCUT2D eigenvalue weighted by Gasteiger charge is -2.43. The second-order valence-corrected chi connectivity index (χ2v) is 12.6. The van der Waals surface area contributed by atoms with Crippen LogP contribution in [0.4, 0.5) is 14.6 Å². The molecule has 1 amide bonds. The number of carbonyl (C=O) groups excluding carboxylic acids is 1. The van der Waals surface area contributed by atoms with Crippen LogP contribution in [0.2, 0.25) is 5.02 Å². The third-order valence-corrected chi connectivity index (χ3v) is 9.69. The molecule has 2 atom stereocenters. The van der Waals surface area contributed by atoms with Crippen molar-refractivity contribution in [3.8, 4) is 11.1 Å². The maximum atomic E-state index is 17.0. The minimum Gasteiger partial charge on any atom is -0.351 e. The molecule has 0 aliphatic carbocycles. The molecule has 5 heterocycles. The summed E-state index contributed by atoms with van der Waals surface area (Å²) in [5.74, 6) is -0.706. The van der Waals surface area contributed by atoms with Gasteiger partial charge >= 0.3 is 0 Å². The number of piperidine rings is 1. The van der Waals surface area contributed by atoms with E-state index >= 15 is 4.39 Å². The Morgan fingerprint density at radius 1 is 1.17 bits per heavy atom. The standard InChI is InChI=1S/C34H31ClF2N8O/c1-5-27(46)44-12-10-19(13-20(44)15-38-2)45-18-40-32-33(45)24-14-25(35)28(23-8-9-26(36)22-7-6-11-39-30(22)23)29(37)31(24)41-34(32)43-16-21(17-43)42(3)4/h5-9,11,14,18-21H,1,10,12-13,15-17H2,3-4H3/t19-,20-/m0/s1. The van der Waals surface area contributed by atoms with Crippen LogP contribution in [-0.4, -0.2) is 87.6 Å². The Labute approximate surface area is 269 Å². The predicted molar refractivity (Wildman–Crippen MR) is 176 cm³/mol. The summed E-state index contributed by atoms with van der Waals surface area (Å²) in [5.41, 5.74) is 2.23. The Balaban J connectivity index is 1.43. The van der Waals surface area contributed by atoms with Gasteiger partial charge < -0.3 is 24.1 Å². The van der Waals surface area contributed by atoms with Gasteiger partial charge in [0.25, 0.3) is 0 Å². The quantitative estimate of drug-likeness (QED) is 0.165. The second-order valence-electron chi connectivity index (χ2n) is 12.2. The van der Waals surface area contributed by atoms with Crippen molar-refractivity contribution >= 4 is 56.2 Å². The van der Waals surface area contributed by atoms with Crippen molar-refractivity contribution in [2.75, 3.05) is 45.2 Å². The van der Waals surface area contributed by atoms with Gasteiger partial charge in [-0.3, -0.25) is 9.78 Å². The highest BCUT2D eigenvalue weighted by molar-refractivity contribution is 6.35. The second kappa shape index (κ2) is 11.6. The molecule has 0 N–H and O–H groups in total. The lowest BCUT2D eigenvalue weighted by Crippen LogP contribution is -2.57. The average molecular weight is 641 g/mol. The number of pyridine rings is 2. The monoisotopic (exact) mass is 640 g/mol.